The van der Waals surface area contributed by atoms with E-state index in [1.165, 1.54) is 24.1 Å². The van der Waals surface area contributed by atoms with E-state index in [0.29, 0.717) is 12.1 Å². The van der Waals surface area contributed by atoms with Crippen LogP contribution in [-0.2, 0) is 0 Å². The van der Waals surface area contributed by atoms with Crippen LogP contribution in [0.2, 0.25) is 0 Å². The van der Waals surface area contributed by atoms with Gasteiger partial charge in [0.1, 0.15) is 0 Å². The monoisotopic (exact) mass is 246 g/mol. The molecule has 0 amide bonds. The number of anilines is 1. The standard InChI is InChI=1S/C15H22N2O/c1-10(16)14-4-2-3-5-15(14)17-11-6-7-12(17)9-13(18)8-11/h2-5,10-13,18H,6-9,16H2,1H3/t10-,11?,12?,13?/m1/s1. The minimum Gasteiger partial charge on any atom is -0.393 e. The number of aliphatic hydroxyl groups excluding tert-OH is 1. The third-order valence-corrected chi connectivity index (χ3v) is 4.41. The first-order valence-electron chi connectivity index (χ1n) is 6.97. The molecule has 2 aliphatic heterocycles. The van der Waals surface area contributed by atoms with Crippen LogP contribution in [0.3, 0.4) is 0 Å². The van der Waals surface area contributed by atoms with Gasteiger partial charge < -0.3 is 15.7 Å². The SMILES string of the molecule is C[C@@H](N)c1ccccc1N1C2CCC1CC(O)C2. The predicted molar refractivity (Wildman–Crippen MR) is 73.6 cm³/mol. The first-order chi connectivity index (χ1) is 8.66. The van der Waals surface area contributed by atoms with Crippen molar-refractivity contribution in [3.8, 4) is 0 Å². The second-order valence-electron chi connectivity index (χ2n) is 5.76. The van der Waals surface area contributed by atoms with E-state index in [0.717, 1.165) is 12.8 Å². The average Bonchev–Trinajstić information content (AvgIpc) is 2.61. The molecule has 2 aliphatic rings. The number of aliphatic hydroxyl groups is 1. The van der Waals surface area contributed by atoms with Crippen LogP contribution in [0.25, 0.3) is 0 Å². The van der Waals surface area contributed by atoms with Crippen molar-refractivity contribution in [3.63, 3.8) is 0 Å². The molecule has 3 N–H and O–H groups in total. The van der Waals surface area contributed by atoms with Gasteiger partial charge in [-0.05, 0) is 44.2 Å². The van der Waals surface area contributed by atoms with Crippen molar-refractivity contribution in [2.75, 3.05) is 4.90 Å². The Labute approximate surface area is 109 Å². The second kappa shape index (κ2) is 4.56. The van der Waals surface area contributed by atoms with E-state index in [1.807, 2.05) is 6.92 Å². The van der Waals surface area contributed by atoms with E-state index >= 15 is 0 Å². The summed E-state index contributed by atoms with van der Waals surface area (Å²) in [5.41, 5.74) is 8.60. The van der Waals surface area contributed by atoms with Crippen LogP contribution in [0.5, 0.6) is 0 Å². The Hall–Kier alpha value is -1.06. The van der Waals surface area contributed by atoms with Crippen LogP contribution >= 0.6 is 0 Å². The molecule has 2 bridgehead atoms. The van der Waals surface area contributed by atoms with Crippen LogP contribution in [-0.4, -0.2) is 23.3 Å². The van der Waals surface area contributed by atoms with E-state index in [4.69, 9.17) is 5.73 Å². The molecule has 0 aromatic heterocycles. The minimum absolute atomic E-state index is 0.0625. The van der Waals surface area contributed by atoms with E-state index in [2.05, 4.69) is 29.2 Å². The molecule has 0 aliphatic carbocycles. The van der Waals surface area contributed by atoms with Gasteiger partial charge in [-0.1, -0.05) is 18.2 Å². The van der Waals surface area contributed by atoms with Gasteiger partial charge in [0.25, 0.3) is 0 Å². The van der Waals surface area contributed by atoms with Crippen LogP contribution in [0, 0.1) is 0 Å². The number of benzene rings is 1. The first kappa shape index (κ1) is 12.0. The summed E-state index contributed by atoms with van der Waals surface area (Å²) in [6.45, 7) is 2.04. The van der Waals surface area contributed by atoms with E-state index in [-0.39, 0.29) is 12.1 Å². The molecular formula is C15H22N2O. The van der Waals surface area contributed by atoms with Crippen LogP contribution in [0.1, 0.15) is 44.2 Å². The highest BCUT2D eigenvalue weighted by Crippen LogP contribution is 2.41. The zero-order valence-electron chi connectivity index (χ0n) is 10.9. The molecule has 98 valence electrons. The lowest BCUT2D eigenvalue weighted by Crippen LogP contribution is -2.45. The van der Waals surface area contributed by atoms with E-state index in [9.17, 15) is 5.11 Å². The Balaban J connectivity index is 1.96. The highest BCUT2D eigenvalue weighted by atomic mass is 16.3. The zero-order chi connectivity index (χ0) is 12.7. The van der Waals surface area contributed by atoms with Gasteiger partial charge >= 0.3 is 0 Å². The molecule has 0 saturated carbocycles. The van der Waals surface area contributed by atoms with Crippen molar-refractivity contribution in [2.45, 2.75) is 56.8 Å². The summed E-state index contributed by atoms with van der Waals surface area (Å²) in [6, 6.07) is 9.52. The minimum atomic E-state index is -0.110. The zero-order valence-corrected chi connectivity index (χ0v) is 10.9. The van der Waals surface area contributed by atoms with Crippen molar-refractivity contribution < 1.29 is 5.11 Å². The molecule has 0 spiro atoms. The van der Waals surface area contributed by atoms with Gasteiger partial charge in [-0.25, -0.2) is 0 Å². The molecule has 0 radical (unpaired) electrons. The molecule has 3 heteroatoms. The first-order valence-corrected chi connectivity index (χ1v) is 6.97. The molecule has 1 aromatic rings. The summed E-state index contributed by atoms with van der Waals surface area (Å²) in [5.74, 6) is 0. The summed E-state index contributed by atoms with van der Waals surface area (Å²) < 4.78 is 0. The summed E-state index contributed by atoms with van der Waals surface area (Å²) in [5, 5.41) is 9.88. The molecule has 18 heavy (non-hydrogen) atoms. The third kappa shape index (κ3) is 1.91. The quantitative estimate of drug-likeness (QED) is 0.841. The van der Waals surface area contributed by atoms with Crippen LogP contribution in [0.15, 0.2) is 24.3 Å². The molecule has 3 rings (SSSR count). The van der Waals surface area contributed by atoms with Gasteiger partial charge in [-0.15, -0.1) is 0 Å². The fourth-order valence-electron chi connectivity index (χ4n) is 3.65. The smallest absolute Gasteiger partial charge is 0.0579 e. The van der Waals surface area contributed by atoms with Gasteiger partial charge in [0, 0.05) is 23.8 Å². The van der Waals surface area contributed by atoms with E-state index < -0.39 is 0 Å². The highest BCUT2D eigenvalue weighted by molar-refractivity contribution is 5.57. The number of hydrogen-bond donors (Lipinski definition) is 2. The lowest BCUT2D eigenvalue weighted by molar-refractivity contribution is 0.126. The Bertz CT molecular complexity index is 418. The van der Waals surface area contributed by atoms with Gasteiger partial charge in [0.15, 0.2) is 0 Å². The Morgan fingerprint density at radius 1 is 1.22 bits per heavy atom. The fraction of sp³-hybridized carbons (Fsp3) is 0.600. The second-order valence-corrected chi connectivity index (χ2v) is 5.76. The summed E-state index contributed by atoms with van der Waals surface area (Å²) in [7, 11) is 0. The Morgan fingerprint density at radius 2 is 1.83 bits per heavy atom. The molecule has 3 nitrogen and oxygen atoms in total. The molecule has 2 saturated heterocycles. The summed E-state index contributed by atoms with van der Waals surface area (Å²) >= 11 is 0. The fourth-order valence-corrected chi connectivity index (χ4v) is 3.65. The van der Waals surface area contributed by atoms with Crippen LogP contribution in [0.4, 0.5) is 5.69 Å². The van der Waals surface area contributed by atoms with Gasteiger partial charge in [0.05, 0.1) is 6.10 Å². The maximum Gasteiger partial charge on any atom is 0.0579 e. The predicted octanol–water partition coefficient (Wildman–Crippen LogP) is 2.20. The number of para-hydroxylation sites is 1. The lowest BCUT2D eigenvalue weighted by atomic mass is 9.96. The van der Waals surface area contributed by atoms with Gasteiger partial charge in [-0.2, -0.15) is 0 Å². The number of piperidine rings is 1. The van der Waals surface area contributed by atoms with Gasteiger partial charge in [0.2, 0.25) is 0 Å². The van der Waals surface area contributed by atoms with Crippen LogP contribution < -0.4 is 10.6 Å². The number of nitrogens with two attached hydrogens (primary N) is 1. The normalized spacial score (nSPS) is 32.6. The highest BCUT2D eigenvalue weighted by Gasteiger charge is 2.40. The van der Waals surface area contributed by atoms with Crippen molar-refractivity contribution in [1.29, 1.82) is 0 Å². The van der Waals surface area contributed by atoms with Gasteiger partial charge in [-0.3, -0.25) is 0 Å². The molecule has 1 aromatic carbocycles. The van der Waals surface area contributed by atoms with Crippen molar-refractivity contribution >= 4 is 5.69 Å². The van der Waals surface area contributed by atoms with Crippen molar-refractivity contribution in [1.82, 2.24) is 0 Å². The Kier molecular flexibility index (Phi) is 3.04. The summed E-state index contributed by atoms with van der Waals surface area (Å²) in [6.07, 6.45) is 4.11. The largest absolute Gasteiger partial charge is 0.393 e. The average molecular weight is 246 g/mol. The molecule has 2 heterocycles. The van der Waals surface area contributed by atoms with Crippen molar-refractivity contribution in [2.24, 2.45) is 5.73 Å². The Morgan fingerprint density at radius 3 is 2.44 bits per heavy atom. The number of nitrogens with zero attached hydrogens (tertiary/aromatic N) is 1. The number of rotatable bonds is 2. The maximum atomic E-state index is 9.88. The van der Waals surface area contributed by atoms with Crippen molar-refractivity contribution in [3.05, 3.63) is 29.8 Å². The topological polar surface area (TPSA) is 49.5 Å². The number of hydrogen-bond acceptors (Lipinski definition) is 3. The molecule has 2 unspecified atom stereocenters. The lowest BCUT2D eigenvalue weighted by Gasteiger charge is -2.40. The third-order valence-electron chi connectivity index (χ3n) is 4.41. The maximum absolute atomic E-state index is 9.88. The molecule has 3 atom stereocenters. The molecular weight excluding hydrogens is 224 g/mol. The van der Waals surface area contributed by atoms with E-state index in [1.54, 1.807) is 0 Å². The summed E-state index contributed by atoms with van der Waals surface area (Å²) in [4.78, 5) is 2.52. The number of fused-ring (bicyclic) bond motifs is 2. The molecule has 2 fully saturated rings.